The molecule has 97 valence electrons. The molecule has 0 atom stereocenters. The van der Waals surface area contributed by atoms with Crippen LogP contribution in [0.2, 0.25) is 0 Å². The first-order valence-electron chi connectivity index (χ1n) is 5.74. The van der Waals surface area contributed by atoms with Crippen molar-refractivity contribution < 1.29 is 9.57 Å². The number of ether oxygens (including phenoxy) is 1. The zero-order chi connectivity index (χ0) is 13.5. The Hall–Kier alpha value is -1.81. The fourth-order valence-electron chi connectivity index (χ4n) is 1.44. The molecule has 0 amide bonds. The van der Waals surface area contributed by atoms with Gasteiger partial charge in [0.05, 0.1) is 7.11 Å². The van der Waals surface area contributed by atoms with Crippen LogP contribution in [0.5, 0.6) is 5.75 Å². The van der Waals surface area contributed by atoms with Crippen molar-refractivity contribution in [2.75, 3.05) is 7.11 Å². The van der Waals surface area contributed by atoms with Gasteiger partial charge >= 0.3 is 0 Å². The van der Waals surface area contributed by atoms with Gasteiger partial charge in [-0.15, -0.1) is 0 Å². The minimum absolute atomic E-state index is 0.410. The van der Waals surface area contributed by atoms with Gasteiger partial charge in [0, 0.05) is 10.0 Å². The number of hydrogen-bond donors (Lipinski definition) is 0. The molecular weight excluding hydrogens is 306 g/mol. The number of halogens is 1. The monoisotopic (exact) mass is 318 g/mol. The van der Waals surface area contributed by atoms with Crippen LogP contribution in [0.15, 0.2) is 58.2 Å². The first kappa shape index (κ1) is 13.6. The van der Waals surface area contributed by atoms with Gasteiger partial charge < -0.3 is 9.57 Å². The molecular formula is C15H13BrNO2. The van der Waals surface area contributed by atoms with Crippen molar-refractivity contribution in [1.29, 1.82) is 0 Å². The first-order valence-corrected chi connectivity index (χ1v) is 6.54. The lowest BCUT2D eigenvalue weighted by Crippen LogP contribution is -1.89. The normalized spacial score (nSPS) is 10.6. The van der Waals surface area contributed by atoms with Crippen molar-refractivity contribution in [3.05, 3.63) is 64.1 Å². The Morgan fingerprint density at radius 1 is 1.05 bits per heavy atom. The molecule has 4 heteroatoms. The Morgan fingerprint density at radius 3 is 2.37 bits per heavy atom. The van der Waals surface area contributed by atoms with E-state index in [0.29, 0.717) is 6.61 Å². The van der Waals surface area contributed by atoms with Crippen LogP contribution in [-0.4, -0.2) is 13.3 Å². The fourth-order valence-corrected chi connectivity index (χ4v) is 1.70. The molecule has 3 nitrogen and oxygen atoms in total. The number of rotatable bonds is 5. The van der Waals surface area contributed by atoms with Gasteiger partial charge in [-0.05, 0) is 29.8 Å². The van der Waals surface area contributed by atoms with Crippen molar-refractivity contribution in [3.8, 4) is 5.75 Å². The van der Waals surface area contributed by atoms with Crippen molar-refractivity contribution >= 4 is 22.1 Å². The van der Waals surface area contributed by atoms with E-state index < -0.39 is 0 Å². The lowest BCUT2D eigenvalue weighted by molar-refractivity contribution is 0.132. The third-order valence-electron chi connectivity index (χ3n) is 2.47. The van der Waals surface area contributed by atoms with Crippen LogP contribution in [0.1, 0.15) is 11.1 Å². The summed E-state index contributed by atoms with van der Waals surface area (Å²) in [6.45, 7) is 0.410. The average molecular weight is 319 g/mol. The molecule has 1 radical (unpaired) electrons. The minimum atomic E-state index is 0.410. The number of methoxy groups -OCH3 is 1. The molecule has 2 aromatic rings. The predicted molar refractivity (Wildman–Crippen MR) is 78.5 cm³/mol. The maximum absolute atomic E-state index is 5.19. The molecule has 0 fully saturated rings. The van der Waals surface area contributed by atoms with Crippen LogP contribution in [0.3, 0.4) is 0 Å². The van der Waals surface area contributed by atoms with Crippen molar-refractivity contribution in [3.63, 3.8) is 0 Å². The van der Waals surface area contributed by atoms with Gasteiger partial charge in [-0.1, -0.05) is 45.4 Å². The van der Waals surface area contributed by atoms with Gasteiger partial charge in [0.1, 0.15) is 18.6 Å². The average Bonchev–Trinajstić information content (AvgIpc) is 2.46. The topological polar surface area (TPSA) is 30.8 Å². The van der Waals surface area contributed by atoms with Crippen LogP contribution >= 0.6 is 15.9 Å². The van der Waals surface area contributed by atoms with Gasteiger partial charge in [-0.25, -0.2) is 0 Å². The third-order valence-corrected chi connectivity index (χ3v) is 3.00. The SMILES string of the molecule is COc1ccc(CO/N=[C]\c2ccc(Br)cc2)cc1. The predicted octanol–water partition coefficient (Wildman–Crippen LogP) is 3.89. The molecule has 0 bridgehead atoms. The molecule has 0 saturated heterocycles. The van der Waals surface area contributed by atoms with Crippen LogP contribution < -0.4 is 4.74 Å². The minimum Gasteiger partial charge on any atom is -0.497 e. The van der Waals surface area contributed by atoms with E-state index in [4.69, 9.17) is 9.57 Å². The summed E-state index contributed by atoms with van der Waals surface area (Å²) in [5, 5.41) is 3.81. The van der Waals surface area contributed by atoms with E-state index in [0.717, 1.165) is 21.3 Å². The Kier molecular flexibility index (Phi) is 4.98. The van der Waals surface area contributed by atoms with Crippen LogP contribution in [0.4, 0.5) is 0 Å². The summed E-state index contributed by atoms with van der Waals surface area (Å²) < 4.78 is 6.11. The molecule has 0 aliphatic rings. The van der Waals surface area contributed by atoms with Gasteiger partial charge in [0.2, 0.25) is 0 Å². The highest BCUT2D eigenvalue weighted by Crippen LogP contribution is 2.12. The number of hydrogen-bond acceptors (Lipinski definition) is 3. The van der Waals surface area contributed by atoms with Gasteiger partial charge in [0.15, 0.2) is 0 Å². The molecule has 0 aliphatic heterocycles. The molecule has 0 saturated carbocycles. The Balaban J connectivity index is 1.83. The van der Waals surface area contributed by atoms with E-state index in [1.807, 2.05) is 48.5 Å². The maximum atomic E-state index is 5.19. The summed E-state index contributed by atoms with van der Waals surface area (Å²) in [4.78, 5) is 5.19. The molecule has 0 heterocycles. The summed E-state index contributed by atoms with van der Waals surface area (Å²) >= 11 is 3.37. The summed E-state index contributed by atoms with van der Waals surface area (Å²) in [5.41, 5.74) is 1.90. The Labute approximate surface area is 121 Å². The smallest absolute Gasteiger partial charge is 0.142 e. The van der Waals surface area contributed by atoms with Crippen LogP contribution in [-0.2, 0) is 11.4 Å². The van der Waals surface area contributed by atoms with Gasteiger partial charge in [-0.3, -0.25) is 0 Å². The summed E-state index contributed by atoms with van der Waals surface area (Å²) in [6, 6.07) is 15.3. The Bertz CT molecular complexity index is 535. The highest BCUT2D eigenvalue weighted by Gasteiger charge is 1.94. The highest BCUT2D eigenvalue weighted by atomic mass is 79.9. The highest BCUT2D eigenvalue weighted by molar-refractivity contribution is 9.10. The zero-order valence-electron chi connectivity index (χ0n) is 10.5. The van der Waals surface area contributed by atoms with Crippen LogP contribution in [0, 0.1) is 0 Å². The molecule has 2 rings (SSSR count). The van der Waals surface area contributed by atoms with Crippen molar-refractivity contribution in [2.45, 2.75) is 6.61 Å². The molecule has 0 unspecified atom stereocenters. The molecule has 0 spiro atoms. The lowest BCUT2D eigenvalue weighted by Gasteiger charge is -2.02. The third kappa shape index (κ3) is 4.41. The number of nitrogens with zero attached hydrogens (tertiary/aromatic N) is 1. The second-order valence-corrected chi connectivity index (χ2v) is 4.75. The second-order valence-electron chi connectivity index (χ2n) is 3.83. The van der Waals surface area contributed by atoms with E-state index in [-0.39, 0.29) is 0 Å². The molecule has 2 aromatic carbocycles. The van der Waals surface area contributed by atoms with E-state index in [2.05, 4.69) is 27.3 Å². The summed E-state index contributed by atoms with van der Waals surface area (Å²) in [7, 11) is 1.64. The standard InChI is InChI=1S/C15H13BrNO2/c1-18-15-8-4-13(5-9-15)11-19-17-10-12-2-6-14(16)7-3-12/h2-9H,11H2,1H3. The first-order chi connectivity index (χ1) is 9.28. The second kappa shape index (κ2) is 6.95. The number of benzene rings is 2. The summed E-state index contributed by atoms with van der Waals surface area (Å²) in [5.74, 6) is 0.827. The van der Waals surface area contributed by atoms with Crippen LogP contribution in [0.25, 0.3) is 0 Å². The van der Waals surface area contributed by atoms with E-state index >= 15 is 0 Å². The zero-order valence-corrected chi connectivity index (χ0v) is 12.1. The molecule has 0 N–H and O–H groups in total. The van der Waals surface area contributed by atoms with Gasteiger partial charge in [0.25, 0.3) is 0 Å². The van der Waals surface area contributed by atoms with Crippen molar-refractivity contribution in [2.24, 2.45) is 5.16 Å². The molecule has 0 aliphatic carbocycles. The Morgan fingerprint density at radius 2 is 1.74 bits per heavy atom. The van der Waals surface area contributed by atoms with E-state index in [1.54, 1.807) is 7.11 Å². The molecule has 19 heavy (non-hydrogen) atoms. The van der Waals surface area contributed by atoms with E-state index in [9.17, 15) is 0 Å². The molecule has 0 aromatic heterocycles. The quantitative estimate of drug-likeness (QED) is 0.618. The summed E-state index contributed by atoms with van der Waals surface area (Å²) in [6.07, 6.45) is 2.82. The lowest BCUT2D eigenvalue weighted by atomic mass is 10.2. The van der Waals surface area contributed by atoms with Gasteiger partial charge in [-0.2, -0.15) is 0 Å². The maximum Gasteiger partial charge on any atom is 0.142 e. The fraction of sp³-hybridized carbons (Fsp3) is 0.133. The van der Waals surface area contributed by atoms with Crippen molar-refractivity contribution in [1.82, 2.24) is 0 Å². The largest absolute Gasteiger partial charge is 0.497 e. The van der Waals surface area contributed by atoms with E-state index in [1.165, 1.54) is 0 Å².